The molecule has 0 saturated carbocycles. The number of carbonyl (C=O) groups is 1. The minimum atomic E-state index is -2.66. The monoisotopic (exact) mass is 477 g/mol. The largest absolute Gasteiger partial charge is 0.338 e. The number of nitrogens with zero attached hydrogens (tertiary/aromatic N) is 2. The predicted octanol–water partition coefficient (Wildman–Crippen LogP) is 6.64. The van der Waals surface area contributed by atoms with Gasteiger partial charge in [0.25, 0.3) is 11.8 Å². The van der Waals surface area contributed by atoms with Gasteiger partial charge >= 0.3 is 0 Å². The van der Waals surface area contributed by atoms with Crippen LogP contribution in [0.2, 0.25) is 0 Å². The van der Waals surface area contributed by atoms with Gasteiger partial charge in [-0.2, -0.15) is 3.97 Å². The van der Waals surface area contributed by atoms with E-state index in [1.54, 1.807) is 0 Å². The summed E-state index contributed by atoms with van der Waals surface area (Å²) in [6, 6.07) is 26.5. The van der Waals surface area contributed by atoms with Gasteiger partial charge in [-0.1, -0.05) is 48.5 Å². The molecule has 0 aliphatic carbocycles. The molecule has 0 N–H and O–H groups in total. The molecule has 34 heavy (non-hydrogen) atoms. The van der Waals surface area contributed by atoms with Gasteiger partial charge in [-0.25, -0.2) is 8.78 Å². The van der Waals surface area contributed by atoms with E-state index < -0.39 is 5.92 Å². The predicted molar refractivity (Wildman–Crippen MR) is 135 cm³/mol. The molecule has 1 unspecified atom stereocenters. The number of benzene rings is 3. The first-order chi connectivity index (χ1) is 16.5. The van der Waals surface area contributed by atoms with Crippen molar-refractivity contribution >= 4 is 27.9 Å². The van der Waals surface area contributed by atoms with Crippen LogP contribution >= 0.6 is 0 Å². The molecule has 0 bridgehead atoms. The summed E-state index contributed by atoms with van der Waals surface area (Å²) in [6.07, 6.45) is 1.71. The molecule has 174 valence electrons. The van der Waals surface area contributed by atoms with Gasteiger partial charge < -0.3 is 4.90 Å². The van der Waals surface area contributed by atoms with Crippen molar-refractivity contribution in [3.05, 3.63) is 90.6 Å². The lowest BCUT2D eigenvalue weighted by Gasteiger charge is -2.31. The summed E-state index contributed by atoms with van der Waals surface area (Å²) in [5.41, 5.74) is 4.12. The van der Waals surface area contributed by atoms with Gasteiger partial charge in [-0.15, -0.1) is 0 Å². The Labute approximate surface area is 201 Å². The Morgan fingerprint density at radius 1 is 0.912 bits per heavy atom. The lowest BCUT2D eigenvalue weighted by molar-refractivity contribution is -0.0494. The summed E-state index contributed by atoms with van der Waals surface area (Å²) in [7, 11) is 0. The van der Waals surface area contributed by atoms with Crippen LogP contribution in [0, 0.1) is 0 Å². The number of aromatic nitrogens is 1. The lowest BCUT2D eigenvalue weighted by atomic mass is 10.1. The molecule has 4 aromatic rings. The van der Waals surface area contributed by atoms with E-state index in [0.717, 1.165) is 10.6 Å². The Bertz CT molecular complexity index is 1290. The van der Waals surface area contributed by atoms with Crippen LogP contribution in [0.25, 0.3) is 22.0 Å². The standard InChI is InChI=1S/C28H27F2N2OS/c1-2-34(23-14-12-22(13-15-23)27(33)31-18-16-28(29,30)17-19-31)32-20-25(21-8-4-3-5-9-21)24-10-6-7-11-26(24)32/h3-15,20H,2,16-19H2,1H3/q+1. The van der Waals surface area contributed by atoms with Crippen LogP contribution in [0.1, 0.15) is 30.1 Å². The van der Waals surface area contributed by atoms with Crippen LogP contribution in [0.3, 0.4) is 0 Å². The first-order valence-electron chi connectivity index (χ1n) is 11.6. The van der Waals surface area contributed by atoms with Crippen LogP contribution in [-0.4, -0.2) is 39.5 Å². The first kappa shape index (κ1) is 22.7. The quantitative estimate of drug-likeness (QED) is 0.296. The molecule has 2 heterocycles. The summed E-state index contributed by atoms with van der Waals surface area (Å²) in [5, 5.41) is 1.22. The average molecular weight is 478 g/mol. The maximum atomic E-state index is 13.5. The molecule has 3 aromatic carbocycles. The van der Waals surface area contributed by atoms with Crippen LogP contribution in [0.5, 0.6) is 0 Å². The number of carbonyl (C=O) groups excluding carboxylic acids is 1. The van der Waals surface area contributed by atoms with Crippen molar-refractivity contribution in [2.24, 2.45) is 0 Å². The molecular formula is C28H27F2N2OS+. The summed E-state index contributed by atoms with van der Waals surface area (Å²) in [5.74, 6) is -1.91. The maximum Gasteiger partial charge on any atom is 0.253 e. The number of para-hydroxylation sites is 1. The maximum absolute atomic E-state index is 13.5. The summed E-state index contributed by atoms with van der Waals surface area (Å²) >= 11 is -0.230. The van der Waals surface area contributed by atoms with E-state index in [-0.39, 0.29) is 42.9 Å². The van der Waals surface area contributed by atoms with Crippen LogP contribution < -0.4 is 0 Å². The van der Waals surface area contributed by atoms with E-state index in [2.05, 4.69) is 65.6 Å². The fourth-order valence-electron chi connectivity index (χ4n) is 4.57. The average Bonchev–Trinajstić information content (AvgIpc) is 3.25. The minimum Gasteiger partial charge on any atom is -0.338 e. The molecule has 0 spiro atoms. The molecule has 1 amide bonds. The molecule has 1 aromatic heterocycles. The molecule has 1 aliphatic rings. The first-order valence-corrected chi connectivity index (χ1v) is 13.0. The van der Waals surface area contributed by atoms with Gasteiger partial charge in [0.1, 0.15) is 16.8 Å². The van der Waals surface area contributed by atoms with Gasteiger partial charge in [0.05, 0.1) is 11.7 Å². The van der Waals surface area contributed by atoms with Crippen LogP contribution in [0.4, 0.5) is 8.78 Å². The van der Waals surface area contributed by atoms with Crippen molar-refractivity contribution in [3.8, 4) is 11.1 Å². The van der Waals surface area contributed by atoms with E-state index in [4.69, 9.17) is 0 Å². The normalized spacial score (nSPS) is 16.5. The lowest BCUT2D eigenvalue weighted by Crippen LogP contribution is -2.42. The van der Waals surface area contributed by atoms with Gasteiger partial charge in [0.15, 0.2) is 4.90 Å². The number of rotatable bonds is 5. The highest BCUT2D eigenvalue weighted by Crippen LogP contribution is 2.34. The zero-order valence-electron chi connectivity index (χ0n) is 19.1. The molecule has 1 atom stereocenters. The molecular weight excluding hydrogens is 450 g/mol. The third-order valence-electron chi connectivity index (χ3n) is 6.43. The smallest absolute Gasteiger partial charge is 0.253 e. The van der Waals surface area contributed by atoms with E-state index in [1.807, 2.05) is 30.3 Å². The highest BCUT2D eigenvalue weighted by molar-refractivity contribution is 7.95. The van der Waals surface area contributed by atoms with Crippen molar-refractivity contribution in [3.63, 3.8) is 0 Å². The van der Waals surface area contributed by atoms with Crippen molar-refractivity contribution < 1.29 is 13.6 Å². The number of halogens is 2. The Kier molecular flexibility index (Phi) is 6.17. The topological polar surface area (TPSA) is 25.2 Å². The number of amides is 1. The van der Waals surface area contributed by atoms with E-state index >= 15 is 0 Å². The zero-order valence-corrected chi connectivity index (χ0v) is 19.9. The number of hydrogen-bond acceptors (Lipinski definition) is 1. The molecule has 3 nitrogen and oxygen atoms in total. The minimum absolute atomic E-state index is 0.102. The Balaban J connectivity index is 1.44. The summed E-state index contributed by atoms with van der Waals surface area (Å²) in [4.78, 5) is 15.5. The van der Waals surface area contributed by atoms with Crippen molar-refractivity contribution in [2.45, 2.75) is 30.6 Å². The molecule has 1 fully saturated rings. The fourth-order valence-corrected chi connectivity index (χ4v) is 6.49. The Hall–Kier alpha value is -3.12. The Morgan fingerprint density at radius 2 is 1.56 bits per heavy atom. The number of piperidine rings is 1. The number of likely N-dealkylation sites (tertiary alicyclic amines) is 1. The fraction of sp³-hybridized carbons (Fsp3) is 0.250. The molecule has 1 saturated heterocycles. The van der Waals surface area contributed by atoms with E-state index in [0.29, 0.717) is 5.56 Å². The second kappa shape index (κ2) is 9.26. The number of fused-ring (bicyclic) bond motifs is 1. The zero-order chi connectivity index (χ0) is 23.7. The van der Waals surface area contributed by atoms with Crippen molar-refractivity contribution in [1.29, 1.82) is 0 Å². The number of alkyl halides is 2. The molecule has 6 heteroatoms. The van der Waals surface area contributed by atoms with Gasteiger partial charge in [-0.3, -0.25) is 4.79 Å². The van der Waals surface area contributed by atoms with Gasteiger partial charge in [0, 0.05) is 42.4 Å². The van der Waals surface area contributed by atoms with Crippen molar-refractivity contribution in [1.82, 2.24) is 8.87 Å². The van der Waals surface area contributed by atoms with Gasteiger partial charge in [-0.05, 0) is 42.8 Å². The summed E-state index contributed by atoms with van der Waals surface area (Å²) in [6.45, 7) is 2.38. The van der Waals surface area contributed by atoms with Crippen LogP contribution in [-0.2, 0) is 11.1 Å². The third-order valence-corrected chi connectivity index (χ3v) is 8.57. The third kappa shape index (κ3) is 4.34. The second-order valence-corrected chi connectivity index (χ2v) is 10.7. The highest BCUT2D eigenvalue weighted by Gasteiger charge is 2.36. The van der Waals surface area contributed by atoms with Gasteiger partial charge in [0.2, 0.25) is 0 Å². The highest BCUT2D eigenvalue weighted by atomic mass is 32.2. The molecule has 5 rings (SSSR count). The van der Waals surface area contributed by atoms with E-state index in [1.165, 1.54) is 26.9 Å². The van der Waals surface area contributed by atoms with Crippen molar-refractivity contribution in [2.75, 3.05) is 18.8 Å². The SMILES string of the molecule is CC[S+](c1ccc(C(=O)N2CCC(F)(F)CC2)cc1)n1cc(-c2ccccc2)c2ccccc21. The molecule has 0 radical (unpaired) electrons. The van der Waals surface area contributed by atoms with E-state index in [9.17, 15) is 13.6 Å². The Morgan fingerprint density at radius 3 is 2.24 bits per heavy atom. The number of hydrogen-bond donors (Lipinski definition) is 0. The van der Waals surface area contributed by atoms with Crippen LogP contribution in [0.15, 0.2) is 90.0 Å². The molecule has 1 aliphatic heterocycles. The second-order valence-electron chi connectivity index (χ2n) is 8.58. The summed E-state index contributed by atoms with van der Waals surface area (Å²) < 4.78 is 29.3.